The highest BCUT2D eigenvalue weighted by Gasteiger charge is 2.45. The summed E-state index contributed by atoms with van der Waals surface area (Å²) in [6.07, 6.45) is -1.57. The van der Waals surface area contributed by atoms with Gasteiger partial charge in [-0.1, -0.05) is 60.7 Å². The first-order chi connectivity index (χ1) is 25.1. The maximum atomic E-state index is 15.3. The number of nitrogens with zero attached hydrogens (tertiary/aromatic N) is 2. The highest BCUT2D eigenvalue weighted by atomic mass is 31.2. The van der Waals surface area contributed by atoms with E-state index in [1.807, 2.05) is 78.9 Å². The number of benzene rings is 4. The second-order valence-corrected chi connectivity index (χ2v) is 14.5. The van der Waals surface area contributed by atoms with Crippen LogP contribution in [0.2, 0.25) is 0 Å². The van der Waals surface area contributed by atoms with E-state index < -0.39 is 44.1 Å². The van der Waals surface area contributed by atoms with Crippen molar-refractivity contribution in [3.63, 3.8) is 0 Å². The summed E-state index contributed by atoms with van der Waals surface area (Å²) in [6.45, 7) is 8.47. The molecule has 52 heavy (non-hydrogen) atoms. The van der Waals surface area contributed by atoms with Crippen LogP contribution in [-0.2, 0) is 24.1 Å². The van der Waals surface area contributed by atoms with Crippen molar-refractivity contribution in [2.45, 2.75) is 76.5 Å². The third-order valence-corrected chi connectivity index (χ3v) is 11.2. The van der Waals surface area contributed by atoms with Gasteiger partial charge in [0.15, 0.2) is 0 Å². The van der Waals surface area contributed by atoms with Gasteiger partial charge < -0.3 is 28.0 Å². The molecular weight excluding hydrogens is 685 g/mol. The molecule has 1 aliphatic heterocycles. The van der Waals surface area contributed by atoms with Crippen LogP contribution in [0, 0.1) is 23.0 Å². The summed E-state index contributed by atoms with van der Waals surface area (Å²) in [4.78, 5) is 0. The summed E-state index contributed by atoms with van der Waals surface area (Å²) < 4.78 is 69.3. The Morgan fingerprint density at radius 1 is 0.846 bits per heavy atom. The van der Waals surface area contributed by atoms with Gasteiger partial charge in [0.1, 0.15) is 34.8 Å². The topological polar surface area (TPSA) is 82.4 Å². The third-order valence-electron chi connectivity index (χ3n) is 9.03. The van der Waals surface area contributed by atoms with Gasteiger partial charge in [-0.25, -0.2) is 13.5 Å². The molecule has 5 rings (SSSR count). The number of ether oxygens (including phenoxy) is 4. The minimum absolute atomic E-state index is 0.0294. The summed E-state index contributed by atoms with van der Waals surface area (Å²) in [7, 11) is 1.57. The van der Waals surface area contributed by atoms with E-state index in [2.05, 4.69) is 38.4 Å². The van der Waals surface area contributed by atoms with Crippen LogP contribution < -0.4 is 9.47 Å². The Bertz CT molecular complexity index is 1700. The average molecular weight is 733 g/mol. The van der Waals surface area contributed by atoms with Crippen molar-refractivity contribution < 1.29 is 36.8 Å². The smallest absolute Gasteiger partial charge is 0.259 e. The molecule has 0 amide bonds. The maximum Gasteiger partial charge on any atom is 0.259 e. The zero-order chi connectivity index (χ0) is 37.3. The highest BCUT2D eigenvalue weighted by Crippen LogP contribution is 2.51. The summed E-state index contributed by atoms with van der Waals surface area (Å²) in [5, 5.41) is 9.27. The monoisotopic (exact) mass is 732 g/mol. The lowest BCUT2D eigenvalue weighted by atomic mass is 9.80. The molecule has 4 atom stereocenters. The number of hydrogen-bond donors (Lipinski definition) is 0. The number of nitriles is 1. The Kier molecular flexibility index (Phi) is 13.7. The van der Waals surface area contributed by atoms with Crippen molar-refractivity contribution in [1.29, 1.82) is 5.26 Å². The van der Waals surface area contributed by atoms with Crippen molar-refractivity contribution in [3.8, 4) is 17.6 Å². The highest BCUT2D eigenvalue weighted by molar-refractivity contribution is 7.44. The van der Waals surface area contributed by atoms with Crippen LogP contribution in [0.3, 0.4) is 0 Å². The molecule has 1 saturated heterocycles. The normalized spacial score (nSPS) is 18.2. The maximum absolute atomic E-state index is 15.3. The number of halogens is 2. The van der Waals surface area contributed by atoms with Crippen LogP contribution in [0.15, 0.2) is 97.1 Å². The molecule has 0 spiro atoms. The van der Waals surface area contributed by atoms with Gasteiger partial charge in [-0.3, -0.25) is 0 Å². The first-order valence-corrected chi connectivity index (χ1v) is 18.6. The molecule has 1 aliphatic rings. The molecule has 8 nitrogen and oxygen atoms in total. The SMILES string of the molecule is COc1ccc(C(OC[C@H]2O[C@@H](c3ccc(F)cc3F)C[C@@H]2OP(OCCC#N)N(C(C)C)C(C)C)(c2ccccc2)c2ccc(OC)cc2)cc1. The van der Waals surface area contributed by atoms with Crippen molar-refractivity contribution in [2.24, 2.45) is 0 Å². The van der Waals surface area contributed by atoms with E-state index in [-0.39, 0.29) is 43.7 Å². The van der Waals surface area contributed by atoms with E-state index >= 15 is 4.39 Å². The third kappa shape index (κ3) is 8.98. The van der Waals surface area contributed by atoms with E-state index in [0.717, 1.165) is 22.8 Å². The van der Waals surface area contributed by atoms with E-state index in [9.17, 15) is 9.65 Å². The lowest BCUT2D eigenvalue weighted by molar-refractivity contribution is -0.0810. The van der Waals surface area contributed by atoms with Crippen LogP contribution >= 0.6 is 8.53 Å². The fourth-order valence-corrected chi connectivity index (χ4v) is 8.39. The van der Waals surface area contributed by atoms with Crippen molar-refractivity contribution >= 4 is 8.53 Å². The lowest BCUT2D eigenvalue weighted by Crippen LogP contribution is -2.39. The summed E-state index contributed by atoms with van der Waals surface area (Å²) >= 11 is 0. The molecule has 276 valence electrons. The fourth-order valence-electron chi connectivity index (χ4n) is 6.63. The van der Waals surface area contributed by atoms with E-state index in [4.69, 9.17) is 28.0 Å². The lowest BCUT2D eigenvalue weighted by Gasteiger charge is -2.39. The molecule has 0 aromatic heterocycles. The Balaban J connectivity index is 1.58. The standard InChI is InChI=1S/C41H47F2N2O6P/c1-28(2)45(29(3)4)52(49-24-10-23-44)51-39-26-38(36-22-17-33(42)25-37(36)43)50-40(39)27-48-41(30-11-8-7-9-12-30,31-13-18-34(46-5)19-14-31)32-15-20-35(47-6)21-16-32/h7-9,11-22,25,28-29,38-40H,10,24,26-27H2,1-6H3/t38-,39+,40-,52?/m1/s1. The fraction of sp³-hybridized carbons (Fsp3) is 0.390. The van der Waals surface area contributed by atoms with E-state index in [0.29, 0.717) is 11.5 Å². The quantitative estimate of drug-likeness (QED) is 0.0604. The molecule has 1 heterocycles. The van der Waals surface area contributed by atoms with Gasteiger partial charge in [-0.2, -0.15) is 5.26 Å². The molecule has 1 fully saturated rings. The molecule has 1 unspecified atom stereocenters. The number of hydrogen-bond acceptors (Lipinski definition) is 8. The average Bonchev–Trinajstić information content (AvgIpc) is 3.54. The van der Waals surface area contributed by atoms with E-state index in [1.165, 1.54) is 12.1 Å². The molecule has 4 aromatic carbocycles. The Morgan fingerprint density at radius 2 is 1.42 bits per heavy atom. The van der Waals surface area contributed by atoms with Crippen molar-refractivity contribution in [3.05, 3.63) is 131 Å². The minimum atomic E-state index is -1.67. The Hall–Kier alpha value is -3.94. The molecule has 11 heteroatoms. The molecule has 0 N–H and O–H groups in total. The summed E-state index contributed by atoms with van der Waals surface area (Å²) in [5.74, 6) is 0.0278. The number of rotatable bonds is 17. The predicted molar refractivity (Wildman–Crippen MR) is 197 cm³/mol. The molecule has 0 bridgehead atoms. The largest absolute Gasteiger partial charge is 0.497 e. The predicted octanol–water partition coefficient (Wildman–Crippen LogP) is 9.48. The van der Waals surface area contributed by atoms with Gasteiger partial charge in [0.2, 0.25) is 0 Å². The van der Waals surface area contributed by atoms with Crippen molar-refractivity contribution in [1.82, 2.24) is 4.67 Å². The van der Waals surface area contributed by atoms with Crippen LogP contribution in [0.4, 0.5) is 8.78 Å². The molecule has 0 radical (unpaired) electrons. The first-order valence-electron chi connectivity index (χ1n) is 17.4. The van der Waals surface area contributed by atoms with Gasteiger partial charge in [0.25, 0.3) is 8.53 Å². The molecule has 4 aromatic rings. The van der Waals surface area contributed by atoms with Crippen molar-refractivity contribution in [2.75, 3.05) is 27.4 Å². The number of methoxy groups -OCH3 is 2. The van der Waals surface area contributed by atoms with Gasteiger partial charge in [0.05, 0.1) is 52.1 Å². The Morgan fingerprint density at radius 3 is 1.94 bits per heavy atom. The van der Waals surface area contributed by atoms with Gasteiger partial charge >= 0.3 is 0 Å². The van der Waals surface area contributed by atoms with Crippen LogP contribution in [0.5, 0.6) is 11.5 Å². The second-order valence-electron chi connectivity index (χ2n) is 13.1. The summed E-state index contributed by atoms with van der Waals surface area (Å²) in [5.41, 5.74) is 1.65. The molecule has 0 saturated carbocycles. The molecule has 0 aliphatic carbocycles. The van der Waals surface area contributed by atoms with Gasteiger partial charge in [-0.05, 0) is 74.7 Å². The first kappa shape index (κ1) is 39.3. The second kappa shape index (κ2) is 18.2. The molecular formula is C41H47F2N2O6P. The van der Waals surface area contributed by atoms with Crippen LogP contribution in [0.25, 0.3) is 0 Å². The van der Waals surface area contributed by atoms with Crippen LogP contribution in [-0.4, -0.2) is 56.4 Å². The van der Waals surface area contributed by atoms with Gasteiger partial charge in [-0.15, -0.1) is 0 Å². The summed E-state index contributed by atoms with van der Waals surface area (Å²) in [6, 6.07) is 31.1. The zero-order valence-electron chi connectivity index (χ0n) is 30.5. The zero-order valence-corrected chi connectivity index (χ0v) is 31.4. The minimum Gasteiger partial charge on any atom is -0.497 e. The van der Waals surface area contributed by atoms with Gasteiger partial charge in [0, 0.05) is 30.1 Å². The van der Waals surface area contributed by atoms with Crippen LogP contribution in [0.1, 0.15) is 68.9 Å². The van der Waals surface area contributed by atoms with E-state index in [1.54, 1.807) is 14.2 Å². The Labute approximate surface area is 307 Å².